The Morgan fingerprint density at radius 2 is 1.94 bits per heavy atom. The summed E-state index contributed by atoms with van der Waals surface area (Å²) in [5.74, 6) is -1.79. The molecule has 2 bridgehead atoms. The quantitative estimate of drug-likeness (QED) is 0.676. The molecular weight excluding hydrogens is 430 g/mol. The van der Waals surface area contributed by atoms with Crippen molar-refractivity contribution in [3.63, 3.8) is 0 Å². The van der Waals surface area contributed by atoms with E-state index in [1.54, 1.807) is 28.9 Å². The number of hydrogen-bond acceptors (Lipinski definition) is 5. The van der Waals surface area contributed by atoms with Crippen molar-refractivity contribution in [3.05, 3.63) is 75.7 Å². The molecule has 4 rings (SSSR count). The van der Waals surface area contributed by atoms with E-state index < -0.39 is 33.9 Å². The van der Waals surface area contributed by atoms with Gasteiger partial charge in [-0.05, 0) is 24.6 Å². The number of pyridine rings is 1. The molecule has 0 unspecified atom stereocenters. The predicted octanol–water partition coefficient (Wildman–Crippen LogP) is 1.12. The lowest BCUT2D eigenvalue weighted by Crippen LogP contribution is -2.48. The second-order valence-electron chi connectivity index (χ2n) is 8.31. The summed E-state index contributed by atoms with van der Waals surface area (Å²) in [6.45, 7) is 1.84. The average Bonchev–Trinajstić information content (AvgIpc) is 3.03. The smallest absolute Gasteiger partial charge is 0.258 e. The average molecular weight is 458 g/mol. The molecule has 0 aliphatic carbocycles. The van der Waals surface area contributed by atoms with E-state index in [2.05, 4.69) is 5.32 Å². The molecule has 1 saturated heterocycles. The highest BCUT2D eigenvalue weighted by molar-refractivity contribution is 7.88. The number of benzene rings is 1. The Morgan fingerprint density at radius 1 is 1.22 bits per heavy atom. The summed E-state index contributed by atoms with van der Waals surface area (Å²) in [6.07, 6.45) is 4.57. The van der Waals surface area contributed by atoms with Gasteiger partial charge in [0.1, 0.15) is 0 Å². The van der Waals surface area contributed by atoms with Crippen molar-refractivity contribution < 1.29 is 18.3 Å². The minimum atomic E-state index is -3.70. The molecule has 0 spiro atoms. The zero-order valence-corrected chi connectivity index (χ0v) is 18.8. The van der Waals surface area contributed by atoms with Gasteiger partial charge in [0, 0.05) is 42.9 Å². The van der Waals surface area contributed by atoms with Crippen LogP contribution in [0.3, 0.4) is 0 Å². The first kappa shape index (κ1) is 22.4. The summed E-state index contributed by atoms with van der Waals surface area (Å²) in [6, 6.07) is 11.2. The van der Waals surface area contributed by atoms with Crippen LogP contribution in [-0.2, 0) is 27.9 Å². The fraction of sp³-hybridized carbons (Fsp3) is 0.391. The van der Waals surface area contributed by atoms with Gasteiger partial charge in [-0.1, -0.05) is 42.5 Å². The number of aliphatic hydroxyl groups is 1. The number of nitrogens with one attached hydrogen (secondary N) is 1. The number of nitrogens with zero attached hydrogens (tertiary/aromatic N) is 2. The second kappa shape index (κ2) is 8.65. The number of rotatable bonds is 6. The second-order valence-corrected chi connectivity index (χ2v) is 10.2. The van der Waals surface area contributed by atoms with Crippen LogP contribution in [0.15, 0.2) is 53.3 Å². The number of aliphatic hydroxyl groups excluding tert-OH is 1. The van der Waals surface area contributed by atoms with Crippen LogP contribution in [-0.4, -0.2) is 47.2 Å². The predicted molar refractivity (Wildman–Crippen MR) is 121 cm³/mol. The lowest BCUT2D eigenvalue weighted by Gasteiger charge is -2.36. The summed E-state index contributed by atoms with van der Waals surface area (Å²) < 4.78 is 28.3. The van der Waals surface area contributed by atoms with Gasteiger partial charge in [0.15, 0.2) is 0 Å². The van der Waals surface area contributed by atoms with Crippen LogP contribution < -0.4 is 10.9 Å². The van der Waals surface area contributed by atoms with Gasteiger partial charge < -0.3 is 15.0 Å². The summed E-state index contributed by atoms with van der Waals surface area (Å²) in [4.78, 5) is 26.4. The number of aromatic nitrogens is 1. The largest absolute Gasteiger partial charge is 0.396 e. The summed E-state index contributed by atoms with van der Waals surface area (Å²) in [5.41, 5.74) is 1.65. The molecule has 2 aromatic rings. The number of amides is 1. The fourth-order valence-electron chi connectivity index (χ4n) is 5.03. The van der Waals surface area contributed by atoms with Gasteiger partial charge in [0.25, 0.3) is 5.56 Å². The summed E-state index contributed by atoms with van der Waals surface area (Å²) in [5, 5.41) is 13.1. The highest BCUT2D eigenvalue weighted by Gasteiger charge is 2.58. The first-order chi connectivity index (χ1) is 15.3. The number of carbonyl (C=O) groups excluding carboxylic acids is 1. The zero-order chi connectivity index (χ0) is 23.0. The molecule has 2 aliphatic heterocycles. The monoisotopic (exact) mass is 457 g/mol. The molecule has 8 nitrogen and oxygen atoms in total. The number of fused-ring (bicyclic) bond motifs is 4. The molecule has 9 heteroatoms. The topological polar surface area (TPSA) is 109 Å². The van der Waals surface area contributed by atoms with Crippen LogP contribution >= 0.6 is 0 Å². The molecule has 0 radical (unpaired) electrons. The Morgan fingerprint density at radius 3 is 2.56 bits per heavy atom. The molecule has 1 aromatic heterocycles. The maximum Gasteiger partial charge on any atom is 0.258 e. The van der Waals surface area contributed by atoms with Gasteiger partial charge >= 0.3 is 0 Å². The van der Waals surface area contributed by atoms with Crippen LogP contribution in [0.4, 0.5) is 0 Å². The summed E-state index contributed by atoms with van der Waals surface area (Å²) >= 11 is 0. The van der Waals surface area contributed by atoms with Gasteiger partial charge in [0.05, 0.1) is 18.2 Å². The lowest BCUT2D eigenvalue weighted by atomic mass is 9.86. The Bertz CT molecular complexity index is 1210. The van der Waals surface area contributed by atoms with Crippen molar-refractivity contribution in [2.45, 2.75) is 32.1 Å². The third-order valence-electron chi connectivity index (χ3n) is 6.36. The molecular formula is C23H27N3O5S. The van der Waals surface area contributed by atoms with Crippen molar-refractivity contribution in [1.29, 1.82) is 0 Å². The van der Waals surface area contributed by atoms with E-state index in [9.17, 15) is 23.1 Å². The number of allylic oxidation sites excluding steroid dienone is 1. The molecule has 2 N–H and O–H groups in total. The van der Waals surface area contributed by atoms with Crippen LogP contribution in [0.25, 0.3) is 6.08 Å². The Kier molecular flexibility index (Phi) is 6.07. The minimum Gasteiger partial charge on any atom is -0.396 e. The first-order valence-electron chi connectivity index (χ1n) is 10.6. The number of carbonyl (C=O) groups is 1. The van der Waals surface area contributed by atoms with Crippen molar-refractivity contribution >= 4 is 22.0 Å². The minimum absolute atomic E-state index is 0.0941. The highest BCUT2D eigenvalue weighted by Crippen LogP contribution is 2.49. The summed E-state index contributed by atoms with van der Waals surface area (Å²) in [7, 11) is -3.70. The Labute approximate surface area is 187 Å². The third kappa shape index (κ3) is 3.80. The van der Waals surface area contributed by atoms with Crippen LogP contribution in [0.2, 0.25) is 0 Å². The fourth-order valence-corrected chi connectivity index (χ4v) is 6.40. The van der Waals surface area contributed by atoms with Gasteiger partial charge in [-0.2, -0.15) is 4.31 Å². The Hall–Kier alpha value is -2.75. The van der Waals surface area contributed by atoms with Gasteiger partial charge in [0.2, 0.25) is 15.9 Å². The standard InChI is InChI=1S/C23H27N3O5S/c1-3-7-16-10-11-18-21-20(22(28)24-12-15-8-5-4-6-9-15)17(14-27)19(13-25(18)23(16)29)26(21)32(2,30)31/h3-11,17,19-21,27H,12-14H2,1-2H3,(H,24,28)/b7-3-/t17-,19-,20+,21+/m1/s1. The van der Waals surface area contributed by atoms with Crippen molar-refractivity contribution in [1.82, 2.24) is 14.2 Å². The molecule has 4 atom stereocenters. The van der Waals surface area contributed by atoms with Crippen LogP contribution in [0.1, 0.15) is 29.8 Å². The molecule has 3 heterocycles. The zero-order valence-electron chi connectivity index (χ0n) is 18.0. The van der Waals surface area contributed by atoms with E-state index in [1.165, 1.54) is 4.31 Å². The number of hydrogen-bond donors (Lipinski definition) is 2. The Balaban J connectivity index is 1.77. The van der Waals surface area contributed by atoms with E-state index in [0.717, 1.165) is 11.8 Å². The van der Waals surface area contributed by atoms with Gasteiger partial charge in [-0.3, -0.25) is 9.59 Å². The molecule has 1 amide bonds. The van der Waals surface area contributed by atoms with Gasteiger partial charge in [-0.25, -0.2) is 8.42 Å². The SMILES string of the molecule is C/C=C\c1ccc2n(c1=O)C[C@@H]1[C@@H](CO)[C@H](C(=O)NCc3ccccc3)[C@H]2N1S(C)(=O)=O. The van der Waals surface area contributed by atoms with E-state index in [4.69, 9.17) is 0 Å². The van der Waals surface area contributed by atoms with Gasteiger partial charge in [-0.15, -0.1) is 0 Å². The van der Waals surface area contributed by atoms with E-state index in [-0.39, 0.29) is 31.2 Å². The number of sulfonamides is 1. The van der Waals surface area contributed by atoms with Crippen molar-refractivity contribution in [3.8, 4) is 0 Å². The first-order valence-corrected chi connectivity index (χ1v) is 12.4. The highest BCUT2D eigenvalue weighted by atomic mass is 32.2. The normalized spacial score (nSPS) is 25.1. The van der Waals surface area contributed by atoms with E-state index in [0.29, 0.717) is 11.3 Å². The maximum absolute atomic E-state index is 13.3. The van der Waals surface area contributed by atoms with Crippen LogP contribution in [0.5, 0.6) is 0 Å². The molecule has 1 fully saturated rings. The van der Waals surface area contributed by atoms with Crippen molar-refractivity contribution in [2.24, 2.45) is 11.8 Å². The molecule has 1 aromatic carbocycles. The molecule has 170 valence electrons. The third-order valence-corrected chi connectivity index (χ3v) is 7.62. The molecule has 2 aliphatic rings. The maximum atomic E-state index is 13.3. The molecule has 32 heavy (non-hydrogen) atoms. The van der Waals surface area contributed by atoms with Crippen LogP contribution in [0, 0.1) is 11.8 Å². The lowest BCUT2D eigenvalue weighted by molar-refractivity contribution is -0.127. The van der Waals surface area contributed by atoms with Crippen molar-refractivity contribution in [2.75, 3.05) is 12.9 Å². The van der Waals surface area contributed by atoms with E-state index >= 15 is 0 Å². The molecule has 0 saturated carbocycles. The van der Waals surface area contributed by atoms with E-state index in [1.807, 2.05) is 37.3 Å².